The molecule has 364 valence electrons. The van der Waals surface area contributed by atoms with E-state index in [0.717, 1.165) is 6.42 Å². The van der Waals surface area contributed by atoms with Gasteiger partial charge in [-0.05, 0) is 63.0 Å². The van der Waals surface area contributed by atoms with Crippen molar-refractivity contribution in [2.24, 2.45) is 16.7 Å². The number of aliphatic hydroxyl groups excluding tert-OH is 2. The van der Waals surface area contributed by atoms with Crippen LogP contribution in [-0.4, -0.2) is 148 Å². The van der Waals surface area contributed by atoms with Crippen molar-refractivity contribution in [1.29, 1.82) is 0 Å². The van der Waals surface area contributed by atoms with Gasteiger partial charge in [-0.3, -0.25) is 9.69 Å². The number of carbonyl (C=O) groups excluding carboxylic acids is 4. The number of hydrogen-bond acceptors (Lipinski definition) is 16. The number of hydrogen-bond donors (Lipinski definition) is 4. The van der Waals surface area contributed by atoms with Crippen molar-refractivity contribution in [3.63, 3.8) is 0 Å². The average Bonchev–Trinajstić information content (AvgIpc) is 4.01. The standard InChI is InChI=1S/C50H64N2O15/c1-26-32(62-44(57)38(55)37(28-15-11-9-12-16-28)51-45(58)67-46(3,4)5)21-50(59)42(65-43(56)29-17-13-10-14-18-29)40-48(8,33(54)20-34-49(40,25-61-34)66-27(2)53)41-39(36(26)47(50,6)7)63-35(64-41)23-52-22-31-19-30(52)24-60-31/h9-18,30-35,37-42,54-55,59H,19-25H2,1-8H3,(H,51,58)/t30-,31-,32-,33-,34?,35?,37-,38+,39+,40-,41+,42-,48+,49-,50+/m0/s1. The lowest BCUT2D eigenvalue weighted by Crippen LogP contribution is -2.82. The first kappa shape index (κ1) is 47.6. The van der Waals surface area contributed by atoms with Gasteiger partial charge in [0.1, 0.15) is 35.6 Å². The van der Waals surface area contributed by atoms with Crippen LogP contribution >= 0.6 is 0 Å². The number of carbonyl (C=O) groups is 4. The predicted octanol–water partition coefficient (Wildman–Crippen LogP) is 3.91. The summed E-state index contributed by atoms with van der Waals surface area (Å²) in [5.74, 6) is -3.78. The molecule has 15 atom stereocenters. The lowest BCUT2D eigenvalue weighted by Gasteiger charge is -2.68. The van der Waals surface area contributed by atoms with Crippen LogP contribution in [0.25, 0.3) is 0 Å². The predicted molar refractivity (Wildman–Crippen MR) is 236 cm³/mol. The molecule has 2 aromatic carbocycles. The number of rotatable bonds is 10. The third-order valence-corrected chi connectivity index (χ3v) is 15.7. The van der Waals surface area contributed by atoms with Crippen LogP contribution in [-0.2, 0) is 47.5 Å². The number of likely N-dealkylation sites (tertiary alicyclic amines) is 1. The average molecular weight is 933 g/mol. The van der Waals surface area contributed by atoms with E-state index in [1.54, 1.807) is 102 Å². The lowest BCUT2D eigenvalue weighted by atomic mass is 9.44. The first-order valence-corrected chi connectivity index (χ1v) is 23.4. The van der Waals surface area contributed by atoms with Gasteiger partial charge in [0.15, 0.2) is 18.0 Å². The molecule has 4 N–H and O–H groups in total. The molecule has 67 heavy (non-hydrogen) atoms. The molecule has 0 spiro atoms. The number of nitrogens with one attached hydrogen (secondary N) is 1. The molecule has 17 nitrogen and oxygen atoms in total. The van der Waals surface area contributed by atoms with Crippen molar-refractivity contribution in [2.45, 2.75) is 159 Å². The Hall–Kier alpha value is -4.46. The van der Waals surface area contributed by atoms with E-state index in [0.29, 0.717) is 36.4 Å². The van der Waals surface area contributed by atoms with Gasteiger partial charge in [0.2, 0.25) is 0 Å². The minimum atomic E-state index is -2.19. The normalized spacial score (nSPS) is 38.1. The molecule has 4 saturated heterocycles. The molecule has 6 fully saturated rings. The molecular formula is C50H64N2O15. The van der Waals surface area contributed by atoms with E-state index in [2.05, 4.69) is 10.2 Å². The van der Waals surface area contributed by atoms with Gasteiger partial charge >= 0.3 is 24.0 Å². The fraction of sp³-hybridized carbons (Fsp3) is 0.640. The molecule has 1 amide bonds. The van der Waals surface area contributed by atoms with Gasteiger partial charge in [0, 0.05) is 43.2 Å². The first-order valence-electron chi connectivity index (χ1n) is 23.4. The van der Waals surface area contributed by atoms with E-state index in [1.165, 1.54) is 6.92 Å². The summed E-state index contributed by atoms with van der Waals surface area (Å²) in [7, 11) is 0. The van der Waals surface area contributed by atoms with Crippen LogP contribution in [0.2, 0.25) is 0 Å². The van der Waals surface area contributed by atoms with Crippen molar-refractivity contribution < 1.29 is 72.4 Å². The summed E-state index contributed by atoms with van der Waals surface area (Å²) in [6.45, 7) is 15.0. The SMILES string of the molecule is CC(=O)O[C@@]12COC1C[C@H](O)[C@@]1(C)[C@@H]3OC(CN4C[C@@H]5C[C@H]4CO5)O[C@@H]3C3=C(C)[C@@H](OC(=O)[C@H](O)[C@@H](NC(=O)OC(C)(C)C)c4ccccc4)C[C@@](O)([C@@H](OC(=O)c4ccccc4)[C@@H]12)C3(C)C. The van der Waals surface area contributed by atoms with Crippen LogP contribution in [0.5, 0.6) is 0 Å². The number of alkyl carbamates (subject to hydrolysis) is 1. The van der Waals surface area contributed by atoms with Crippen LogP contribution in [0.15, 0.2) is 71.8 Å². The highest BCUT2D eigenvalue weighted by Gasteiger charge is 2.79. The Morgan fingerprint density at radius 2 is 1.64 bits per heavy atom. The second-order valence-corrected chi connectivity index (χ2v) is 21.2. The number of morpholine rings is 1. The summed E-state index contributed by atoms with van der Waals surface area (Å²) < 4.78 is 50.9. The van der Waals surface area contributed by atoms with E-state index in [9.17, 15) is 34.5 Å². The van der Waals surface area contributed by atoms with Gasteiger partial charge in [0.25, 0.3) is 0 Å². The Labute approximate surface area is 390 Å². The molecule has 4 aliphatic heterocycles. The maximum atomic E-state index is 14.6. The highest BCUT2D eigenvalue weighted by atomic mass is 16.7. The quantitative estimate of drug-likeness (QED) is 0.151. The second kappa shape index (κ2) is 17.2. The van der Waals surface area contributed by atoms with Gasteiger partial charge in [-0.2, -0.15) is 0 Å². The molecule has 3 aliphatic carbocycles. The summed E-state index contributed by atoms with van der Waals surface area (Å²) in [4.78, 5) is 57.8. The maximum Gasteiger partial charge on any atom is 0.408 e. The monoisotopic (exact) mass is 932 g/mol. The molecule has 0 aromatic heterocycles. The Morgan fingerprint density at radius 1 is 0.955 bits per heavy atom. The van der Waals surface area contributed by atoms with E-state index in [-0.39, 0.29) is 37.2 Å². The number of nitrogens with zero attached hydrogens (tertiary/aromatic N) is 1. The van der Waals surface area contributed by atoms with Gasteiger partial charge in [-0.25, -0.2) is 14.4 Å². The smallest absolute Gasteiger partial charge is 0.408 e. The summed E-state index contributed by atoms with van der Waals surface area (Å²) in [6.07, 6.45) is -10.1. The number of benzene rings is 2. The van der Waals surface area contributed by atoms with Crippen molar-refractivity contribution in [3.8, 4) is 0 Å². The first-order chi connectivity index (χ1) is 31.6. The van der Waals surface area contributed by atoms with E-state index in [4.69, 9.17) is 37.9 Å². The minimum absolute atomic E-state index is 0.0297. The van der Waals surface area contributed by atoms with Crippen LogP contribution < -0.4 is 5.32 Å². The lowest BCUT2D eigenvalue weighted by molar-refractivity contribution is -0.362. The van der Waals surface area contributed by atoms with Gasteiger partial charge in [-0.1, -0.05) is 69.3 Å². The molecule has 2 saturated carbocycles. The van der Waals surface area contributed by atoms with Gasteiger partial charge < -0.3 is 58.5 Å². The summed E-state index contributed by atoms with van der Waals surface area (Å²) >= 11 is 0. The van der Waals surface area contributed by atoms with Crippen LogP contribution in [0.3, 0.4) is 0 Å². The Balaban J connectivity index is 1.18. The topological polar surface area (TPSA) is 218 Å². The molecule has 4 heterocycles. The third kappa shape index (κ3) is 8.06. The molecule has 4 bridgehead atoms. The van der Waals surface area contributed by atoms with Gasteiger partial charge in [0.05, 0.1) is 55.6 Å². The largest absolute Gasteiger partial charge is 0.456 e. The fourth-order valence-electron chi connectivity index (χ4n) is 12.4. The van der Waals surface area contributed by atoms with Crippen molar-refractivity contribution >= 4 is 24.0 Å². The van der Waals surface area contributed by atoms with Gasteiger partial charge in [-0.15, -0.1) is 0 Å². The molecule has 2 aromatic rings. The highest BCUT2D eigenvalue weighted by Crippen LogP contribution is 2.67. The van der Waals surface area contributed by atoms with Crippen molar-refractivity contribution in [2.75, 3.05) is 26.3 Å². The Morgan fingerprint density at radius 3 is 2.24 bits per heavy atom. The van der Waals surface area contributed by atoms with Crippen LogP contribution in [0.1, 0.15) is 96.6 Å². The number of amides is 1. The molecule has 9 rings (SSSR count). The van der Waals surface area contributed by atoms with E-state index >= 15 is 0 Å². The molecular weight excluding hydrogens is 869 g/mol. The Bertz CT molecular complexity index is 2270. The van der Waals surface area contributed by atoms with Crippen LogP contribution in [0.4, 0.5) is 4.79 Å². The number of aliphatic hydroxyl groups is 3. The highest BCUT2D eigenvalue weighted by molar-refractivity contribution is 5.89. The number of fused-ring (bicyclic) bond motifs is 10. The zero-order chi connectivity index (χ0) is 48.0. The molecule has 0 radical (unpaired) electrons. The fourth-order valence-corrected chi connectivity index (χ4v) is 12.4. The third-order valence-electron chi connectivity index (χ3n) is 15.7. The van der Waals surface area contributed by atoms with Crippen LogP contribution in [0, 0.1) is 16.7 Å². The summed E-state index contributed by atoms with van der Waals surface area (Å²) in [6, 6.07) is 15.5. The van der Waals surface area contributed by atoms with E-state index in [1.807, 2.05) is 6.92 Å². The summed E-state index contributed by atoms with van der Waals surface area (Å²) in [5.41, 5.74) is -5.94. The minimum Gasteiger partial charge on any atom is -0.456 e. The molecule has 17 heteroatoms. The zero-order valence-electron chi connectivity index (χ0n) is 39.3. The number of esters is 3. The molecule has 7 aliphatic rings. The second-order valence-electron chi connectivity index (χ2n) is 21.2. The number of ether oxygens (including phenoxy) is 8. The van der Waals surface area contributed by atoms with Crippen molar-refractivity contribution in [1.82, 2.24) is 10.2 Å². The Kier molecular flexibility index (Phi) is 12.2. The maximum absolute atomic E-state index is 14.6. The summed E-state index contributed by atoms with van der Waals surface area (Å²) in [5, 5.41) is 41.2. The van der Waals surface area contributed by atoms with E-state index < -0.39 is 113 Å². The zero-order valence-corrected chi connectivity index (χ0v) is 39.3. The van der Waals surface area contributed by atoms with Crippen molar-refractivity contribution in [3.05, 3.63) is 82.9 Å². The molecule has 2 unspecified atom stereocenters.